The number of carbonyl (C=O) groups is 1. The van der Waals surface area contributed by atoms with Gasteiger partial charge in [0, 0.05) is 49.1 Å². The van der Waals surface area contributed by atoms with Crippen LogP contribution in [0.4, 0.5) is 11.4 Å². The van der Waals surface area contributed by atoms with Crippen LogP contribution in [0.2, 0.25) is 5.02 Å². The Kier molecular flexibility index (Phi) is 7.23. The molecule has 0 aromatic heterocycles. The summed E-state index contributed by atoms with van der Waals surface area (Å²) in [6.07, 6.45) is 0.661. The summed E-state index contributed by atoms with van der Waals surface area (Å²) < 4.78 is 0. The molecule has 2 aliphatic heterocycles. The lowest BCUT2D eigenvalue weighted by atomic mass is 9.97. The largest absolute Gasteiger partial charge is 0.370 e. The fraction of sp³-hybridized carbons (Fsp3) is 0.333. The Hall–Kier alpha value is -2.00. The van der Waals surface area contributed by atoms with Gasteiger partial charge in [0.05, 0.1) is 5.92 Å². The Morgan fingerprint density at radius 3 is 2.52 bits per heavy atom. The monoisotopic (exact) mass is 525 g/mol. The molecule has 3 N–H and O–H groups in total. The molecular formula is C21H25ClIN5O. The number of para-hydroxylation sites is 1. The maximum Gasteiger partial charge on any atom is 0.232 e. The predicted octanol–water partition coefficient (Wildman–Crippen LogP) is 3.52. The van der Waals surface area contributed by atoms with E-state index in [-0.39, 0.29) is 35.8 Å². The topological polar surface area (TPSA) is 74.0 Å². The maximum atomic E-state index is 12.2. The number of nitrogens with one attached hydrogen (secondary N) is 1. The number of hydrogen-bond donors (Lipinski definition) is 2. The van der Waals surface area contributed by atoms with Gasteiger partial charge in [-0.1, -0.05) is 29.8 Å². The molecule has 0 bridgehead atoms. The van der Waals surface area contributed by atoms with Crippen LogP contribution < -0.4 is 16.0 Å². The molecule has 29 heavy (non-hydrogen) atoms. The van der Waals surface area contributed by atoms with Gasteiger partial charge in [-0.25, -0.2) is 0 Å². The van der Waals surface area contributed by atoms with Crippen molar-refractivity contribution in [3.63, 3.8) is 0 Å². The Morgan fingerprint density at radius 2 is 1.79 bits per heavy atom. The van der Waals surface area contributed by atoms with Gasteiger partial charge in [0.15, 0.2) is 5.96 Å². The minimum atomic E-state index is -0.144. The van der Waals surface area contributed by atoms with Gasteiger partial charge in [0.2, 0.25) is 5.91 Å². The number of rotatable bonds is 4. The number of fused-ring (bicyclic) bond motifs is 1. The first-order chi connectivity index (χ1) is 13.6. The van der Waals surface area contributed by atoms with Crippen LogP contribution in [0.1, 0.15) is 17.9 Å². The van der Waals surface area contributed by atoms with Gasteiger partial charge >= 0.3 is 0 Å². The summed E-state index contributed by atoms with van der Waals surface area (Å²) in [7, 11) is 0. The van der Waals surface area contributed by atoms with E-state index in [0.29, 0.717) is 18.9 Å². The van der Waals surface area contributed by atoms with Gasteiger partial charge < -0.3 is 20.9 Å². The molecule has 0 radical (unpaired) electrons. The van der Waals surface area contributed by atoms with Crippen LogP contribution in [0.25, 0.3) is 0 Å². The molecule has 1 amide bonds. The molecule has 154 valence electrons. The van der Waals surface area contributed by atoms with Crippen molar-refractivity contribution in [3.05, 3.63) is 59.1 Å². The normalized spacial score (nSPS) is 18.9. The van der Waals surface area contributed by atoms with E-state index in [2.05, 4.69) is 20.1 Å². The lowest BCUT2D eigenvalue weighted by molar-refractivity contribution is -0.117. The third-order valence-electron chi connectivity index (χ3n) is 5.40. The number of nitrogens with zero attached hydrogens (tertiary/aromatic N) is 3. The molecule has 1 fully saturated rings. The first-order valence-electron chi connectivity index (χ1n) is 9.57. The zero-order chi connectivity index (χ0) is 19.5. The number of piperazine rings is 1. The van der Waals surface area contributed by atoms with Gasteiger partial charge in [-0.05, 0) is 42.3 Å². The molecule has 6 nitrogen and oxygen atoms in total. The number of nitrogens with two attached hydrogens (primary N) is 1. The smallest absolute Gasteiger partial charge is 0.232 e. The van der Waals surface area contributed by atoms with E-state index >= 15 is 0 Å². The number of anilines is 2. The van der Waals surface area contributed by atoms with E-state index in [1.54, 1.807) is 0 Å². The summed E-state index contributed by atoms with van der Waals surface area (Å²) in [6, 6.07) is 15.7. The molecule has 0 saturated carbocycles. The van der Waals surface area contributed by atoms with E-state index < -0.39 is 0 Å². The molecule has 2 aliphatic rings. The van der Waals surface area contributed by atoms with Crippen molar-refractivity contribution in [1.29, 1.82) is 0 Å². The second kappa shape index (κ2) is 9.67. The lowest BCUT2D eigenvalue weighted by Crippen LogP contribution is -2.51. The Balaban J connectivity index is 0.00000240. The maximum absolute atomic E-state index is 12.2. The van der Waals surface area contributed by atoms with E-state index in [0.717, 1.165) is 42.5 Å². The van der Waals surface area contributed by atoms with Crippen molar-refractivity contribution in [1.82, 2.24) is 4.90 Å². The first-order valence-corrected chi connectivity index (χ1v) is 9.95. The first kappa shape index (κ1) is 21.7. The van der Waals surface area contributed by atoms with Crippen LogP contribution in [0, 0.1) is 0 Å². The Morgan fingerprint density at radius 1 is 1.10 bits per heavy atom. The second-order valence-electron chi connectivity index (χ2n) is 7.11. The molecule has 8 heteroatoms. The van der Waals surface area contributed by atoms with Crippen molar-refractivity contribution >= 4 is 58.8 Å². The third kappa shape index (κ3) is 4.95. The van der Waals surface area contributed by atoms with Crippen molar-refractivity contribution in [2.75, 3.05) is 42.9 Å². The van der Waals surface area contributed by atoms with Gasteiger partial charge in [0.25, 0.3) is 0 Å². The van der Waals surface area contributed by atoms with Gasteiger partial charge in [0.1, 0.15) is 0 Å². The van der Waals surface area contributed by atoms with Crippen LogP contribution in [-0.2, 0) is 4.79 Å². The van der Waals surface area contributed by atoms with Gasteiger partial charge in [-0.3, -0.25) is 9.79 Å². The van der Waals surface area contributed by atoms with E-state index in [1.165, 1.54) is 5.69 Å². The second-order valence-corrected chi connectivity index (χ2v) is 7.54. The molecule has 0 aliphatic carbocycles. The number of aliphatic imine (C=N–C) groups is 1. The van der Waals surface area contributed by atoms with Gasteiger partial charge in [-0.2, -0.15) is 0 Å². The Bertz CT molecular complexity index is 881. The minimum absolute atomic E-state index is 0. The third-order valence-corrected chi connectivity index (χ3v) is 5.65. The quantitative estimate of drug-likeness (QED) is 0.364. The number of carbonyl (C=O) groups excluding carboxylic acids is 1. The minimum Gasteiger partial charge on any atom is -0.370 e. The molecule has 4 rings (SSSR count). The van der Waals surface area contributed by atoms with Crippen molar-refractivity contribution in [3.8, 4) is 0 Å². The zero-order valence-electron chi connectivity index (χ0n) is 16.1. The molecule has 2 heterocycles. The van der Waals surface area contributed by atoms with Crippen LogP contribution in [0.15, 0.2) is 53.5 Å². The molecule has 1 unspecified atom stereocenters. The summed E-state index contributed by atoms with van der Waals surface area (Å²) in [5.41, 5.74) is 9.34. The number of halogens is 2. The van der Waals surface area contributed by atoms with Crippen molar-refractivity contribution < 1.29 is 4.79 Å². The van der Waals surface area contributed by atoms with Crippen LogP contribution >= 0.6 is 35.6 Å². The molecule has 1 atom stereocenters. The number of hydrogen-bond acceptors (Lipinski definition) is 3. The number of amides is 1. The van der Waals surface area contributed by atoms with Crippen molar-refractivity contribution in [2.24, 2.45) is 10.7 Å². The van der Waals surface area contributed by atoms with Crippen LogP contribution in [0.5, 0.6) is 0 Å². The summed E-state index contributed by atoms with van der Waals surface area (Å²) in [5, 5.41) is 3.68. The molecule has 0 spiro atoms. The molecular weight excluding hydrogens is 501 g/mol. The average Bonchev–Trinajstić information content (AvgIpc) is 3.04. The van der Waals surface area contributed by atoms with Crippen molar-refractivity contribution in [2.45, 2.75) is 12.3 Å². The fourth-order valence-electron chi connectivity index (χ4n) is 3.82. The van der Waals surface area contributed by atoms with Gasteiger partial charge in [-0.15, -0.1) is 24.0 Å². The number of benzene rings is 2. The lowest BCUT2D eigenvalue weighted by Gasteiger charge is -2.36. The average molecular weight is 526 g/mol. The SMILES string of the molecule is I.NC(=NCCC1C(=O)Nc2ccccc21)N1CCN(c2ccc(Cl)cc2)CC1. The fourth-order valence-corrected chi connectivity index (χ4v) is 3.94. The summed E-state index contributed by atoms with van der Waals surface area (Å²) in [6.45, 7) is 3.96. The van der Waals surface area contributed by atoms with Crippen LogP contribution in [0.3, 0.4) is 0 Å². The highest BCUT2D eigenvalue weighted by atomic mass is 127. The van der Waals surface area contributed by atoms with Crippen LogP contribution in [-0.4, -0.2) is 49.5 Å². The molecule has 1 saturated heterocycles. The zero-order valence-corrected chi connectivity index (χ0v) is 19.1. The highest BCUT2D eigenvalue weighted by Crippen LogP contribution is 2.34. The molecule has 2 aromatic carbocycles. The highest BCUT2D eigenvalue weighted by molar-refractivity contribution is 14.0. The summed E-state index contributed by atoms with van der Waals surface area (Å²) >= 11 is 5.96. The Labute approximate surface area is 193 Å². The van der Waals surface area contributed by atoms with E-state index in [9.17, 15) is 4.79 Å². The standard InChI is InChI=1S/C21H24ClN5O.HI/c22-15-5-7-16(8-6-15)26-11-13-27(14-12-26)21(23)24-10-9-18-17-3-1-2-4-19(17)25-20(18)28;/h1-8,18H,9-14H2,(H2,23,24)(H,25,28);1H. The number of guanidine groups is 1. The highest BCUT2D eigenvalue weighted by Gasteiger charge is 2.29. The van der Waals surface area contributed by atoms with E-state index in [1.807, 2.05) is 48.5 Å². The summed E-state index contributed by atoms with van der Waals surface area (Å²) in [5.74, 6) is 0.462. The van der Waals surface area contributed by atoms with E-state index in [4.69, 9.17) is 17.3 Å². The summed E-state index contributed by atoms with van der Waals surface area (Å²) in [4.78, 5) is 21.1. The molecule has 2 aromatic rings. The predicted molar refractivity (Wildman–Crippen MR) is 130 cm³/mol.